The zero-order valence-electron chi connectivity index (χ0n) is 15.0. The fourth-order valence-corrected chi connectivity index (χ4v) is 3.13. The lowest BCUT2D eigenvalue weighted by Crippen LogP contribution is -2.45. The van der Waals surface area contributed by atoms with E-state index < -0.39 is 0 Å². The first kappa shape index (κ1) is 19.4. The molecule has 0 bridgehead atoms. The van der Waals surface area contributed by atoms with Crippen LogP contribution in [0.2, 0.25) is 0 Å². The smallest absolute Gasteiger partial charge is 0.222 e. The first-order valence-electron chi connectivity index (χ1n) is 8.42. The van der Waals surface area contributed by atoms with E-state index in [9.17, 15) is 4.79 Å². The summed E-state index contributed by atoms with van der Waals surface area (Å²) in [6.07, 6.45) is 4.62. The van der Waals surface area contributed by atoms with Crippen molar-refractivity contribution in [2.75, 3.05) is 34.0 Å². The second-order valence-electron chi connectivity index (χ2n) is 7.29. The number of methoxy groups -OCH3 is 2. The molecule has 0 spiro atoms. The number of rotatable bonds is 9. The van der Waals surface area contributed by atoms with Gasteiger partial charge in [0, 0.05) is 45.4 Å². The first-order valence-corrected chi connectivity index (χ1v) is 8.42. The molecule has 1 rings (SSSR count). The monoisotopic (exact) mass is 314 g/mol. The second kappa shape index (κ2) is 9.48. The largest absolute Gasteiger partial charge is 0.385 e. The van der Waals surface area contributed by atoms with Gasteiger partial charge < -0.3 is 19.7 Å². The summed E-state index contributed by atoms with van der Waals surface area (Å²) >= 11 is 0. The number of nitrogens with zero attached hydrogens (tertiary/aromatic N) is 1. The van der Waals surface area contributed by atoms with Crippen LogP contribution in [0.1, 0.15) is 52.9 Å². The standard InChI is InChI=1S/C17H34N2O3/c1-17(2,3)18-14-11-15(13-22-5)19(12-14)16(20)9-7-6-8-10-21-4/h14-15,18H,6-13H2,1-5H3. The molecule has 0 aliphatic carbocycles. The third-order valence-corrected chi connectivity index (χ3v) is 3.97. The number of hydrogen-bond acceptors (Lipinski definition) is 4. The van der Waals surface area contributed by atoms with Crippen molar-refractivity contribution in [3.05, 3.63) is 0 Å². The molecule has 0 saturated carbocycles. The topological polar surface area (TPSA) is 50.8 Å². The average molecular weight is 314 g/mol. The van der Waals surface area contributed by atoms with Gasteiger partial charge in [0.2, 0.25) is 5.91 Å². The predicted octanol–water partition coefficient (Wildman–Crippen LogP) is 2.20. The van der Waals surface area contributed by atoms with Crippen molar-refractivity contribution < 1.29 is 14.3 Å². The zero-order chi connectivity index (χ0) is 16.6. The Morgan fingerprint density at radius 1 is 1.18 bits per heavy atom. The summed E-state index contributed by atoms with van der Waals surface area (Å²) in [5.74, 6) is 0.262. The van der Waals surface area contributed by atoms with Crippen LogP contribution in [0.3, 0.4) is 0 Å². The van der Waals surface area contributed by atoms with Crippen LogP contribution in [0, 0.1) is 0 Å². The number of amides is 1. The Morgan fingerprint density at radius 2 is 1.91 bits per heavy atom. The number of hydrogen-bond donors (Lipinski definition) is 1. The van der Waals surface area contributed by atoms with E-state index in [2.05, 4.69) is 26.1 Å². The number of carbonyl (C=O) groups is 1. The lowest BCUT2D eigenvalue weighted by molar-refractivity contribution is -0.133. The van der Waals surface area contributed by atoms with E-state index in [0.29, 0.717) is 19.1 Å². The van der Waals surface area contributed by atoms with Crippen molar-refractivity contribution in [3.63, 3.8) is 0 Å². The van der Waals surface area contributed by atoms with Gasteiger partial charge in [-0.25, -0.2) is 0 Å². The predicted molar refractivity (Wildman–Crippen MR) is 89.0 cm³/mol. The van der Waals surface area contributed by atoms with Crippen LogP contribution >= 0.6 is 0 Å². The Labute approximate surface area is 135 Å². The van der Waals surface area contributed by atoms with E-state index in [4.69, 9.17) is 9.47 Å². The van der Waals surface area contributed by atoms with Gasteiger partial charge in [-0.2, -0.15) is 0 Å². The molecule has 130 valence electrons. The van der Waals surface area contributed by atoms with E-state index in [1.165, 1.54) is 0 Å². The van der Waals surface area contributed by atoms with Crippen LogP contribution in [0.15, 0.2) is 0 Å². The van der Waals surface area contributed by atoms with Gasteiger partial charge in [0.15, 0.2) is 0 Å². The highest BCUT2D eigenvalue weighted by atomic mass is 16.5. The molecular weight excluding hydrogens is 280 g/mol. The molecule has 1 heterocycles. The number of nitrogens with one attached hydrogen (secondary N) is 1. The number of ether oxygens (including phenoxy) is 2. The molecule has 1 N–H and O–H groups in total. The minimum atomic E-state index is 0.0709. The molecule has 0 aromatic heterocycles. The minimum Gasteiger partial charge on any atom is -0.385 e. The molecule has 0 aromatic rings. The fraction of sp³-hybridized carbons (Fsp3) is 0.941. The van der Waals surface area contributed by atoms with Crippen LogP contribution in [-0.2, 0) is 14.3 Å². The molecule has 1 saturated heterocycles. The maximum atomic E-state index is 12.5. The third kappa shape index (κ3) is 7.07. The quantitative estimate of drug-likeness (QED) is 0.663. The molecule has 1 aliphatic heterocycles. The van der Waals surface area contributed by atoms with Crippen molar-refractivity contribution in [2.24, 2.45) is 0 Å². The van der Waals surface area contributed by atoms with E-state index in [0.717, 1.165) is 38.8 Å². The third-order valence-electron chi connectivity index (χ3n) is 3.97. The normalized spacial score (nSPS) is 22.3. The summed E-state index contributed by atoms with van der Waals surface area (Å²) in [5.41, 5.74) is 0.0709. The minimum absolute atomic E-state index is 0.0709. The Balaban J connectivity index is 2.45. The molecule has 0 aromatic carbocycles. The van der Waals surface area contributed by atoms with Gasteiger partial charge in [0.05, 0.1) is 12.6 Å². The molecular formula is C17H34N2O3. The highest BCUT2D eigenvalue weighted by Gasteiger charge is 2.36. The van der Waals surface area contributed by atoms with Gasteiger partial charge in [0.25, 0.3) is 0 Å². The number of carbonyl (C=O) groups excluding carboxylic acids is 1. The lowest BCUT2D eigenvalue weighted by Gasteiger charge is -2.26. The maximum absolute atomic E-state index is 12.5. The van der Waals surface area contributed by atoms with Crippen molar-refractivity contribution in [1.82, 2.24) is 10.2 Å². The van der Waals surface area contributed by atoms with Gasteiger partial charge in [0.1, 0.15) is 0 Å². The summed E-state index contributed by atoms with van der Waals surface area (Å²) in [6.45, 7) is 8.69. The van der Waals surface area contributed by atoms with Gasteiger partial charge >= 0.3 is 0 Å². The maximum Gasteiger partial charge on any atom is 0.222 e. The summed E-state index contributed by atoms with van der Waals surface area (Å²) in [7, 11) is 3.42. The first-order chi connectivity index (χ1) is 10.4. The zero-order valence-corrected chi connectivity index (χ0v) is 15.0. The molecule has 22 heavy (non-hydrogen) atoms. The molecule has 2 unspecified atom stereocenters. The SMILES string of the molecule is COCCCCCC(=O)N1CC(NC(C)(C)C)CC1COC. The van der Waals surface area contributed by atoms with Gasteiger partial charge in [-0.15, -0.1) is 0 Å². The van der Waals surface area contributed by atoms with Gasteiger partial charge in [-0.1, -0.05) is 6.42 Å². The summed E-state index contributed by atoms with van der Waals surface area (Å²) in [6, 6.07) is 0.564. The van der Waals surface area contributed by atoms with Gasteiger partial charge in [-0.05, 0) is 40.0 Å². The van der Waals surface area contributed by atoms with Crippen LogP contribution in [0.25, 0.3) is 0 Å². The van der Waals surface area contributed by atoms with Gasteiger partial charge in [-0.3, -0.25) is 4.79 Å². The summed E-state index contributed by atoms with van der Waals surface area (Å²) in [5, 5.41) is 3.61. The Hall–Kier alpha value is -0.650. The van der Waals surface area contributed by atoms with E-state index in [-0.39, 0.29) is 17.5 Å². The molecule has 1 amide bonds. The van der Waals surface area contributed by atoms with E-state index >= 15 is 0 Å². The fourth-order valence-electron chi connectivity index (χ4n) is 3.13. The number of likely N-dealkylation sites (tertiary alicyclic amines) is 1. The molecule has 1 fully saturated rings. The van der Waals surface area contributed by atoms with Crippen LogP contribution < -0.4 is 5.32 Å². The Kier molecular flexibility index (Phi) is 8.36. The second-order valence-corrected chi connectivity index (χ2v) is 7.29. The average Bonchev–Trinajstić information content (AvgIpc) is 2.79. The van der Waals surface area contributed by atoms with Crippen LogP contribution in [-0.4, -0.2) is 62.4 Å². The lowest BCUT2D eigenvalue weighted by atomic mass is 10.1. The van der Waals surface area contributed by atoms with Crippen LogP contribution in [0.4, 0.5) is 0 Å². The Bertz CT molecular complexity index is 328. The van der Waals surface area contributed by atoms with E-state index in [1.807, 2.05) is 4.90 Å². The van der Waals surface area contributed by atoms with Crippen molar-refractivity contribution in [3.8, 4) is 0 Å². The van der Waals surface area contributed by atoms with Crippen molar-refractivity contribution >= 4 is 5.91 Å². The molecule has 5 heteroatoms. The molecule has 1 aliphatic rings. The highest BCUT2D eigenvalue weighted by Crippen LogP contribution is 2.22. The summed E-state index contributed by atoms with van der Waals surface area (Å²) in [4.78, 5) is 14.5. The van der Waals surface area contributed by atoms with Crippen molar-refractivity contribution in [2.45, 2.75) is 70.5 Å². The Morgan fingerprint density at radius 3 is 2.50 bits per heavy atom. The van der Waals surface area contributed by atoms with Crippen molar-refractivity contribution in [1.29, 1.82) is 0 Å². The van der Waals surface area contributed by atoms with E-state index in [1.54, 1.807) is 14.2 Å². The summed E-state index contributed by atoms with van der Waals surface area (Å²) < 4.78 is 10.3. The molecule has 0 radical (unpaired) electrons. The van der Waals surface area contributed by atoms with Crippen LogP contribution in [0.5, 0.6) is 0 Å². The number of unbranched alkanes of at least 4 members (excludes halogenated alkanes) is 2. The highest BCUT2D eigenvalue weighted by molar-refractivity contribution is 5.77. The molecule has 5 nitrogen and oxygen atoms in total. The molecule has 2 atom stereocenters.